The fourth-order valence-corrected chi connectivity index (χ4v) is 4.09. The van der Waals surface area contributed by atoms with Crippen molar-refractivity contribution in [3.63, 3.8) is 0 Å². The monoisotopic (exact) mass is 316 g/mol. The van der Waals surface area contributed by atoms with Crippen LogP contribution in [0.15, 0.2) is 0 Å². The standard InChI is InChI=1S/C12H16N2O6S/c1-12-3-2-8(15)14(12)7(5-21-12)10(18)13-6(11(19)20)4-9(16)17/h6-7H,2-5H2,1H3,(H,13,18)(H,16,17)(H,19,20)/t6-,7?,12?/m0/s1. The number of amides is 2. The van der Waals surface area contributed by atoms with E-state index < -0.39 is 41.2 Å². The maximum atomic E-state index is 12.2. The number of nitrogens with one attached hydrogen (secondary N) is 1. The van der Waals surface area contributed by atoms with Crippen molar-refractivity contribution in [1.29, 1.82) is 0 Å². The molecule has 21 heavy (non-hydrogen) atoms. The number of rotatable bonds is 5. The molecule has 0 saturated carbocycles. The minimum Gasteiger partial charge on any atom is -0.481 e. The molecule has 2 rings (SSSR count). The number of thioether (sulfide) groups is 1. The molecule has 2 aliphatic rings. The van der Waals surface area contributed by atoms with E-state index in [0.717, 1.165) is 0 Å². The molecule has 116 valence electrons. The molecule has 0 aromatic carbocycles. The molecule has 8 nitrogen and oxygen atoms in total. The molecule has 3 N–H and O–H groups in total. The predicted octanol–water partition coefficient (Wildman–Crippen LogP) is -0.515. The van der Waals surface area contributed by atoms with Gasteiger partial charge in [-0.3, -0.25) is 14.4 Å². The van der Waals surface area contributed by atoms with Gasteiger partial charge in [0, 0.05) is 12.2 Å². The van der Waals surface area contributed by atoms with Crippen molar-refractivity contribution in [2.75, 3.05) is 5.75 Å². The molecule has 2 fully saturated rings. The lowest BCUT2D eigenvalue weighted by Crippen LogP contribution is -2.53. The Balaban J connectivity index is 2.08. The van der Waals surface area contributed by atoms with Gasteiger partial charge in [0.05, 0.1) is 11.3 Å². The summed E-state index contributed by atoms with van der Waals surface area (Å²) in [5.74, 6) is -3.09. The summed E-state index contributed by atoms with van der Waals surface area (Å²) < 4.78 is 0. The van der Waals surface area contributed by atoms with Gasteiger partial charge in [-0.15, -0.1) is 11.8 Å². The van der Waals surface area contributed by atoms with Gasteiger partial charge in [-0.1, -0.05) is 0 Å². The third-order valence-corrected chi connectivity index (χ3v) is 5.25. The van der Waals surface area contributed by atoms with Crippen LogP contribution >= 0.6 is 11.8 Å². The van der Waals surface area contributed by atoms with Crippen LogP contribution in [0.3, 0.4) is 0 Å². The lowest BCUT2D eigenvalue weighted by Gasteiger charge is -2.30. The van der Waals surface area contributed by atoms with E-state index in [1.807, 2.05) is 6.92 Å². The van der Waals surface area contributed by atoms with Crippen molar-refractivity contribution in [1.82, 2.24) is 10.2 Å². The summed E-state index contributed by atoms with van der Waals surface area (Å²) in [6, 6.07) is -2.24. The summed E-state index contributed by atoms with van der Waals surface area (Å²) in [6.07, 6.45) is 0.314. The van der Waals surface area contributed by atoms with Crippen LogP contribution in [0.4, 0.5) is 0 Å². The number of hydrogen-bond donors (Lipinski definition) is 3. The first kappa shape index (κ1) is 15.6. The summed E-state index contributed by atoms with van der Waals surface area (Å²) in [7, 11) is 0. The van der Waals surface area contributed by atoms with Crippen LogP contribution < -0.4 is 5.32 Å². The molecule has 0 aliphatic carbocycles. The van der Waals surface area contributed by atoms with Crippen molar-refractivity contribution >= 4 is 35.5 Å². The largest absolute Gasteiger partial charge is 0.481 e. The summed E-state index contributed by atoms with van der Waals surface area (Å²) >= 11 is 1.49. The number of carbonyl (C=O) groups is 4. The molecule has 2 heterocycles. The van der Waals surface area contributed by atoms with E-state index in [4.69, 9.17) is 10.2 Å². The Morgan fingerprint density at radius 1 is 1.48 bits per heavy atom. The van der Waals surface area contributed by atoms with Crippen LogP contribution in [-0.4, -0.2) is 61.6 Å². The van der Waals surface area contributed by atoms with Crippen molar-refractivity contribution in [2.24, 2.45) is 0 Å². The van der Waals surface area contributed by atoms with Crippen molar-refractivity contribution in [2.45, 2.75) is 43.1 Å². The molecule has 0 radical (unpaired) electrons. The van der Waals surface area contributed by atoms with Crippen molar-refractivity contribution in [3.05, 3.63) is 0 Å². The van der Waals surface area contributed by atoms with Crippen LogP contribution in [0.1, 0.15) is 26.2 Å². The zero-order chi connectivity index (χ0) is 15.8. The van der Waals surface area contributed by atoms with Crippen LogP contribution in [0.5, 0.6) is 0 Å². The Kier molecular flexibility index (Phi) is 4.13. The normalized spacial score (nSPS) is 29.1. The second-order valence-electron chi connectivity index (χ2n) is 5.26. The van der Waals surface area contributed by atoms with Crippen LogP contribution in [0.2, 0.25) is 0 Å². The Bertz CT molecular complexity index is 510. The average Bonchev–Trinajstić information content (AvgIpc) is 2.85. The number of carboxylic acid groups (broad SMARTS) is 2. The Hall–Kier alpha value is -1.77. The maximum Gasteiger partial charge on any atom is 0.326 e. The van der Waals surface area contributed by atoms with Gasteiger partial charge in [0.15, 0.2) is 0 Å². The Morgan fingerprint density at radius 3 is 2.71 bits per heavy atom. The summed E-state index contributed by atoms with van der Waals surface area (Å²) in [4.78, 5) is 46.8. The highest BCUT2D eigenvalue weighted by Gasteiger charge is 2.53. The zero-order valence-corrected chi connectivity index (χ0v) is 12.2. The number of hydrogen-bond acceptors (Lipinski definition) is 5. The highest BCUT2D eigenvalue weighted by Crippen LogP contribution is 2.47. The Labute approximate surface area is 124 Å². The number of aliphatic carboxylic acids is 2. The molecule has 2 saturated heterocycles. The van der Waals surface area contributed by atoms with E-state index in [1.54, 1.807) is 0 Å². The fraction of sp³-hybridized carbons (Fsp3) is 0.667. The van der Waals surface area contributed by atoms with Gasteiger partial charge in [-0.05, 0) is 13.3 Å². The fourth-order valence-electron chi connectivity index (χ4n) is 2.66. The average molecular weight is 316 g/mol. The second kappa shape index (κ2) is 5.55. The van der Waals surface area contributed by atoms with E-state index in [1.165, 1.54) is 16.7 Å². The number of carboxylic acids is 2. The van der Waals surface area contributed by atoms with Crippen LogP contribution in [-0.2, 0) is 19.2 Å². The maximum absolute atomic E-state index is 12.2. The topological polar surface area (TPSA) is 124 Å². The van der Waals surface area contributed by atoms with Crippen molar-refractivity contribution < 1.29 is 29.4 Å². The quantitative estimate of drug-likeness (QED) is 0.623. The van der Waals surface area contributed by atoms with E-state index in [-0.39, 0.29) is 5.91 Å². The van der Waals surface area contributed by atoms with E-state index in [9.17, 15) is 19.2 Å². The van der Waals surface area contributed by atoms with Crippen LogP contribution in [0.25, 0.3) is 0 Å². The van der Waals surface area contributed by atoms with Gasteiger partial charge < -0.3 is 20.4 Å². The minimum atomic E-state index is -1.50. The van der Waals surface area contributed by atoms with Gasteiger partial charge in [0.1, 0.15) is 12.1 Å². The van der Waals surface area contributed by atoms with Gasteiger partial charge >= 0.3 is 11.9 Å². The first-order valence-electron chi connectivity index (χ1n) is 6.46. The lowest BCUT2D eigenvalue weighted by atomic mass is 10.1. The third kappa shape index (κ3) is 2.97. The highest BCUT2D eigenvalue weighted by molar-refractivity contribution is 8.01. The van der Waals surface area contributed by atoms with Gasteiger partial charge in [0.25, 0.3) is 0 Å². The summed E-state index contributed by atoms with van der Waals surface area (Å²) in [5.41, 5.74) is 0. The molecule has 3 atom stereocenters. The van der Waals surface area contributed by atoms with E-state index in [2.05, 4.69) is 5.32 Å². The first-order valence-corrected chi connectivity index (χ1v) is 7.44. The highest BCUT2D eigenvalue weighted by atomic mass is 32.2. The molecule has 0 spiro atoms. The Morgan fingerprint density at radius 2 is 2.14 bits per heavy atom. The molecule has 0 aromatic rings. The molecule has 2 amide bonds. The van der Waals surface area contributed by atoms with E-state index >= 15 is 0 Å². The second-order valence-corrected chi connectivity index (χ2v) is 6.76. The van der Waals surface area contributed by atoms with Crippen LogP contribution in [0, 0.1) is 0 Å². The molecular weight excluding hydrogens is 300 g/mol. The first-order chi connectivity index (χ1) is 9.74. The number of fused-ring (bicyclic) bond motifs is 1. The summed E-state index contributed by atoms with van der Waals surface area (Å²) in [5, 5.41) is 19.8. The van der Waals surface area contributed by atoms with Gasteiger partial charge in [0.2, 0.25) is 11.8 Å². The number of nitrogens with zero attached hydrogens (tertiary/aromatic N) is 1. The molecule has 2 unspecified atom stereocenters. The zero-order valence-electron chi connectivity index (χ0n) is 11.4. The van der Waals surface area contributed by atoms with E-state index in [0.29, 0.717) is 18.6 Å². The summed E-state index contributed by atoms with van der Waals surface area (Å²) in [6.45, 7) is 1.88. The molecule has 2 aliphatic heterocycles. The smallest absolute Gasteiger partial charge is 0.326 e. The third-order valence-electron chi connectivity index (χ3n) is 3.74. The SMILES string of the molecule is CC12CCC(=O)N1C(C(=O)N[C@@H](CC(=O)O)C(=O)O)CS2. The minimum absolute atomic E-state index is 0.132. The number of carbonyl (C=O) groups excluding carboxylic acids is 2. The molecule has 0 aromatic heterocycles. The van der Waals surface area contributed by atoms with Gasteiger partial charge in [-0.2, -0.15) is 0 Å². The van der Waals surface area contributed by atoms with Gasteiger partial charge in [-0.25, -0.2) is 4.79 Å². The molecule has 9 heteroatoms. The lowest BCUT2D eigenvalue weighted by molar-refractivity contribution is -0.148. The van der Waals surface area contributed by atoms with Crippen molar-refractivity contribution in [3.8, 4) is 0 Å². The predicted molar refractivity (Wildman–Crippen MR) is 72.6 cm³/mol. The molecule has 0 bridgehead atoms. The molecular formula is C12H16N2O6S.